The number of benzene rings is 3. The van der Waals surface area contributed by atoms with Crippen molar-refractivity contribution in [2.45, 2.75) is 39.5 Å². The van der Waals surface area contributed by atoms with E-state index in [9.17, 15) is 17.6 Å². The maximum absolute atomic E-state index is 14.3. The number of hydrogen-bond donors (Lipinski definition) is 2. The molecule has 0 spiro atoms. The molecule has 1 saturated carbocycles. The van der Waals surface area contributed by atoms with E-state index in [-0.39, 0.29) is 22.9 Å². The van der Waals surface area contributed by atoms with Crippen molar-refractivity contribution < 1.29 is 17.6 Å². The van der Waals surface area contributed by atoms with Gasteiger partial charge in [-0.3, -0.25) is 0 Å². The second-order valence-corrected chi connectivity index (χ2v) is 10.7. The number of rotatable bonds is 8. The van der Waals surface area contributed by atoms with Gasteiger partial charge in [-0.1, -0.05) is 50.7 Å². The molecule has 2 nitrogen and oxygen atoms in total. The van der Waals surface area contributed by atoms with Crippen LogP contribution in [0, 0.1) is 29.9 Å². The van der Waals surface area contributed by atoms with Crippen LogP contribution in [-0.4, -0.2) is 0 Å². The summed E-state index contributed by atoms with van der Waals surface area (Å²) in [6.07, 6.45) is 0. The molecule has 1 fully saturated rings. The highest BCUT2D eigenvalue weighted by atomic mass is 35.5. The summed E-state index contributed by atoms with van der Waals surface area (Å²) < 4.78 is 56.2. The third-order valence-electron chi connectivity index (χ3n) is 7.03. The van der Waals surface area contributed by atoms with Crippen molar-refractivity contribution in [3.8, 4) is 0 Å². The zero-order chi connectivity index (χ0) is 27.3. The van der Waals surface area contributed by atoms with Crippen molar-refractivity contribution in [3.05, 3.63) is 112 Å². The monoisotopic (exact) mass is 528 g/mol. The van der Waals surface area contributed by atoms with Gasteiger partial charge in [0.1, 0.15) is 11.6 Å². The first-order chi connectivity index (χ1) is 17.2. The highest BCUT2D eigenvalue weighted by Gasteiger charge is 2.59. The number of allylic oxidation sites excluding steroid dienone is 1. The summed E-state index contributed by atoms with van der Waals surface area (Å²) in [6.45, 7) is 14.8. The Hall–Kier alpha value is -3.25. The van der Waals surface area contributed by atoms with Crippen molar-refractivity contribution in [3.63, 3.8) is 0 Å². The standard InChI is InChI=1S/C30H29ClF4N2/c1-16-7-12-26(25(33)13-16)37-17(2)21-15-20(9-10-23(21)31)36-18(3)27-28(29(27,4)5)19-8-11-24(32)22(14-19)30(6,34)35/h7-15,27-28,36-37H,2-3H2,1,4-6H3. The number of anilines is 2. The predicted octanol–water partition coefficient (Wildman–Crippen LogP) is 9.49. The molecule has 7 heteroatoms. The normalized spacial score (nSPS) is 18.3. The zero-order valence-corrected chi connectivity index (χ0v) is 21.9. The van der Waals surface area contributed by atoms with Gasteiger partial charge < -0.3 is 10.6 Å². The van der Waals surface area contributed by atoms with Gasteiger partial charge in [-0.2, -0.15) is 0 Å². The number of nitrogens with one attached hydrogen (secondary N) is 2. The van der Waals surface area contributed by atoms with Gasteiger partial charge in [0, 0.05) is 35.5 Å². The summed E-state index contributed by atoms with van der Waals surface area (Å²) in [5.41, 5.74) is 3.25. The second kappa shape index (κ2) is 9.56. The van der Waals surface area contributed by atoms with Gasteiger partial charge in [-0.15, -0.1) is 0 Å². The lowest BCUT2D eigenvalue weighted by Crippen LogP contribution is -2.10. The van der Waals surface area contributed by atoms with Crippen LogP contribution in [0.2, 0.25) is 5.02 Å². The number of alkyl halides is 2. The molecule has 2 atom stereocenters. The van der Waals surface area contributed by atoms with E-state index in [1.54, 1.807) is 43.3 Å². The lowest BCUT2D eigenvalue weighted by atomic mass is 9.99. The smallest absolute Gasteiger partial charge is 0.273 e. The molecule has 3 aromatic carbocycles. The molecule has 0 bridgehead atoms. The van der Waals surface area contributed by atoms with Crippen LogP contribution in [0.4, 0.5) is 28.9 Å². The predicted molar refractivity (Wildman–Crippen MR) is 144 cm³/mol. The summed E-state index contributed by atoms with van der Waals surface area (Å²) in [5.74, 6) is -4.77. The van der Waals surface area contributed by atoms with Crippen molar-refractivity contribution >= 4 is 28.7 Å². The van der Waals surface area contributed by atoms with Gasteiger partial charge in [-0.05, 0) is 71.8 Å². The highest BCUT2D eigenvalue weighted by molar-refractivity contribution is 6.32. The van der Waals surface area contributed by atoms with Crippen LogP contribution in [0.5, 0.6) is 0 Å². The summed E-state index contributed by atoms with van der Waals surface area (Å²) in [6, 6.07) is 14.1. The SMILES string of the molecule is C=C(Nc1ccc(C)cc1F)c1cc(NC(=C)C2C(c3ccc(F)c(C(C)(F)F)c3)C2(C)C)ccc1Cl. The van der Waals surface area contributed by atoms with Crippen molar-refractivity contribution in [1.82, 2.24) is 0 Å². The molecule has 0 heterocycles. The van der Waals surface area contributed by atoms with Crippen molar-refractivity contribution in [1.29, 1.82) is 0 Å². The lowest BCUT2D eigenvalue weighted by Gasteiger charge is -2.16. The minimum Gasteiger partial charge on any atom is -0.359 e. The fourth-order valence-corrected chi connectivity index (χ4v) is 5.26. The van der Waals surface area contributed by atoms with Crippen LogP contribution >= 0.6 is 11.6 Å². The summed E-state index contributed by atoms with van der Waals surface area (Å²) >= 11 is 6.41. The van der Waals surface area contributed by atoms with Crippen LogP contribution in [0.25, 0.3) is 5.70 Å². The summed E-state index contributed by atoms with van der Waals surface area (Å²) in [5, 5.41) is 6.72. The molecule has 1 aliphatic carbocycles. The Bertz CT molecular complexity index is 1390. The fourth-order valence-electron chi connectivity index (χ4n) is 5.03. The first kappa shape index (κ1) is 26.8. The Morgan fingerprint density at radius 1 is 0.946 bits per heavy atom. The first-order valence-electron chi connectivity index (χ1n) is 11.9. The molecular formula is C30H29ClF4N2. The van der Waals surface area contributed by atoms with Crippen LogP contribution in [0.1, 0.15) is 48.9 Å². The van der Waals surface area contributed by atoms with Gasteiger partial charge in [0.25, 0.3) is 5.92 Å². The fraction of sp³-hybridized carbons (Fsp3) is 0.267. The van der Waals surface area contributed by atoms with Crippen LogP contribution in [0.15, 0.2) is 73.5 Å². The maximum Gasteiger partial charge on any atom is 0.273 e. The van der Waals surface area contributed by atoms with Gasteiger partial charge >= 0.3 is 0 Å². The number of aryl methyl sites for hydroxylation is 1. The topological polar surface area (TPSA) is 24.1 Å². The van der Waals surface area contributed by atoms with E-state index in [1.807, 2.05) is 13.8 Å². The van der Waals surface area contributed by atoms with E-state index >= 15 is 0 Å². The molecular weight excluding hydrogens is 500 g/mol. The third-order valence-corrected chi connectivity index (χ3v) is 7.36. The minimum absolute atomic E-state index is 0.0709. The Labute approximate surface area is 220 Å². The average Bonchev–Trinajstić information content (AvgIpc) is 3.38. The molecule has 3 aromatic rings. The van der Waals surface area contributed by atoms with Crippen LogP contribution in [-0.2, 0) is 5.92 Å². The van der Waals surface area contributed by atoms with Crippen molar-refractivity contribution in [2.75, 3.05) is 10.6 Å². The van der Waals surface area contributed by atoms with Gasteiger partial charge in [0.05, 0.1) is 16.3 Å². The molecule has 0 amide bonds. The van der Waals surface area contributed by atoms with E-state index in [1.165, 1.54) is 12.1 Å². The van der Waals surface area contributed by atoms with Gasteiger partial charge in [-0.25, -0.2) is 17.6 Å². The molecule has 194 valence electrons. The Morgan fingerprint density at radius 2 is 1.65 bits per heavy atom. The average molecular weight is 529 g/mol. The number of halogens is 5. The largest absolute Gasteiger partial charge is 0.359 e. The summed E-state index contributed by atoms with van der Waals surface area (Å²) in [7, 11) is 0. The Kier molecular flexibility index (Phi) is 6.93. The molecule has 2 unspecified atom stereocenters. The van der Waals surface area contributed by atoms with Crippen LogP contribution in [0.3, 0.4) is 0 Å². The maximum atomic E-state index is 14.3. The van der Waals surface area contributed by atoms with Gasteiger partial charge in [0.15, 0.2) is 0 Å². The van der Waals surface area contributed by atoms with E-state index in [0.29, 0.717) is 40.2 Å². The molecule has 0 aliphatic heterocycles. The molecule has 1 aliphatic rings. The molecule has 0 saturated heterocycles. The third kappa shape index (κ3) is 5.40. The Morgan fingerprint density at radius 3 is 2.30 bits per heavy atom. The minimum atomic E-state index is -3.28. The molecule has 2 N–H and O–H groups in total. The molecule has 37 heavy (non-hydrogen) atoms. The molecule has 0 aromatic heterocycles. The molecule has 0 radical (unpaired) electrons. The van der Waals surface area contributed by atoms with Crippen molar-refractivity contribution in [2.24, 2.45) is 11.3 Å². The quantitative estimate of drug-likeness (QED) is 0.284. The first-order valence-corrected chi connectivity index (χ1v) is 12.2. The van der Waals surface area contributed by atoms with E-state index in [0.717, 1.165) is 11.6 Å². The molecule has 4 rings (SSSR count). The van der Waals surface area contributed by atoms with E-state index < -0.39 is 23.1 Å². The van der Waals surface area contributed by atoms with Crippen LogP contribution < -0.4 is 10.6 Å². The zero-order valence-electron chi connectivity index (χ0n) is 21.2. The lowest BCUT2D eigenvalue weighted by molar-refractivity contribution is 0.0136. The number of hydrogen-bond acceptors (Lipinski definition) is 2. The Balaban J connectivity index is 1.53. The summed E-state index contributed by atoms with van der Waals surface area (Å²) in [4.78, 5) is 0. The van der Waals surface area contributed by atoms with Gasteiger partial charge in [0.2, 0.25) is 0 Å². The van der Waals surface area contributed by atoms with E-state index in [2.05, 4.69) is 23.8 Å². The second-order valence-electron chi connectivity index (χ2n) is 10.3. The highest BCUT2D eigenvalue weighted by Crippen LogP contribution is 2.67. The van der Waals surface area contributed by atoms with E-state index in [4.69, 9.17) is 11.6 Å².